The van der Waals surface area contributed by atoms with Crippen molar-refractivity contribution in [1.82, 2.24) is 10.2 Å². The summed E-state index contributed by atoms with van der Waals surface area (Å²) < 4.78 is 33.9. The van der Waals surface area contributed by atoms with E-state index in [1.165, 1.54) is 35.6 Å². The maximum absolute atomic E-state index is 12.1. The number of carbonyl (C=O) groups is 1. The predicted octanol–water partition coefficient (Wildman–Crippen LogP) is 4.37. The Morgan fingerprint density at radius 1 is 1.25 bits per heavy atom. The average Bonchev–Trinajstić information content (AvgIpc) is 3.24. The minimum Gasteiger partial charge on any atom is -0.435 e. The minimum absolute atomic E-state index is 0.00620. The zero-order valence-corrected chi connectivity index (χ0v) is 13.7. The Labute approximate surface area is 143 Å². The number of rotatable bonds is 7. The molecule has 3 rings (SSSR count). The van der Waals surface area contributed by atoms with Gasteiger partial charge in [-0.25, -0.2) is 0 Å². The standard InChI is InChI=1S/C15H10F2N2O3S2/c16-14(17)21-10-5-3-9(4-6-10)11(20)8-24-15-19-18-13(22-15)12-2-1-7-23-12/h1-7,14H,8H2. The molecule has 2 aromatic heterocycles. The maximum atomic E-state index is 12.1. The summed E-state index contributed by atoms with van der Waals surface area (Å²) in [4.78, 5) is 12.9. The van der Waals surface area contributed by atoms with Gasteiger partial charge in [-0.1, -0.05) is 17.8 Å². The fraction of sp³-hybridized carbons (Fsp3) is 0.133. The normalized spacial score (nSPS) is 11.0. The number of hydrogen-bond donors (Lipinski definition) is 0. The topological polar surface area (TPSA) is 65.2 Å². The molecule has 1 aromatic carbocycles. The molecule has 0 unspecified atom stereocenters. The summed E-state index contributed by atoms with van der Waals surface area (Å²) in [7, 11) is 0. The second-order valence-corrected chi connectivity index (χ2v) is 6.34. The van der Waals surface area contributed by atoms with Crippen molar-refractivity contribution in [3.63, 3.8) is 0 Å². The largest absolute Gasteiger partial charge is 0.435 e. The van der Waals surface area contributed by atoms with Crippen molar-refractivity contribution >= 4 is 28.9 Å². The Kier molecular flexibility index (Phi) is 5.21. The van der Waals surface area contributed by atoms with Crippen molar-refractivity contribution in [3.05, 3.63) is 47.3 Å². The predicted molar refractivity (Wildman–Crippen MR) is 85.7 cm³/mol. The molecule has 9 heteroatoms. The van der Waals surface area contributed by atoms with Crippen LogP contribution < -0.4 is 4.74 Å². The number of ketones is 1. The quantitative estimate of drug-likeness (QED) is 0.456. The van der Waals surface area contributed by atoms with Gasteiger partial charge in [0, 0.05) is 5.56 Å². The van der Waals surface area contributed by atoms with E-state index in [1.807, 2.05) is 17.5 Å². The second-order valence-electron chi connectivity index (χ2n) is 4.47. The van der Waals surface area contributed by atoms with Gasteiger partial charge < -0.3 is 9.15 Å². The summed E-state index contributed by atoms with van der Waals surface area (Å²) in [5, 5.41) is 10.0. The molecule has 3 aromatic rings. The van der Waals surface area contributed by atoms with Crippen LogP contribution in [0.3, 0.4) is 0 Å². The summed E-state index contributed by atoms with van der Waals surface area (Å²) in [5.74, 6) is 0.334. The summed E-state index contributed by atoms with van der Waals surface area (Å²) >= 11 is 2.60. The highest BCUT2D eigenvalue weighted by molar-refractivity contribution is 7.99. The van der Waals surface area contributed by atoms with E-state index >= 15 is 0 Å². The van der Waals surface area contributed by atoms with Crippen LogP contribution in [0.25, 0.3) is 10.8 Å². The van der Waals surface area contributed by atoms with Gasteiger partial charge in [0.05, 0.1) is 10.6 Å². The number of thioether (sulfide) groups is 1. The highest BCUT2D eigenvalue weighted by Gasteiger charge is 2.13. The molecule has 0 radical (unpaired) electrons. The van der Waals surface area contributed by atoms with Crippen LogP contribution in [0, 0.1) is 0 Å². The molecule has 2 heterocycles. The summed E-state index contributed by atoms with van der Waals surface area (Å²) in [6.07, 6.45) is 0. The van der Waals surface area contributed by atoms with Crippen molar-refractivity contribution in [2.24, 2.45) is 0 Å². The smallest absolute Gasteiger partial charge is 0.387 e. The number of nitrogens with zero attached hydrogens (tertiary/aromatic N) is 2. The number of alkyl halides is 2. The van der Waals surface area contributed by atoms with E-state index in [-0.39, 0.29) is 17.3 Å². The van der Waals surface area contributed by atoms with Crippen LogP contribution >= 0.6 is 23.1 Å². The van der Waals surface area contributed by atoms with Gasteiger partial charge in [0.25, 0.3) is 11.1 Å². The molecule has 0 N–H and O–H groups in total. The molecule has 124 valence electrons. The number of halogens is 2. The molecule has 0 atom stereocenters. The van der Waals surface area contributed by atoms with Crippen molar-refractivity contribution in [3.8, 4) is 16.5 Å². The number of benzene rings is 1. The zero-order chi connectivity index (χ0) is 16.9. The lowest BCUT2D eigenvalue weighted by atomic mass is 10.1. The van der Waals surface area contributed by atoms with Crippen LogP contribution in [0.4, 0.5) is 8.78 Å². The Balaban J connectivity index is 1.57. The van der Waals surface area contributed by atoms with Crippen molar-refractivity contribution in [2.75, 3.05) is 5.75 Å². The molecule has 0 spiro atoms. The van der Waals surface area contributed by atoms with Gasteiger partial charge in [0.15, 0.2) is 5.78 Å². The van der Waals surface area contributed by atoms with Gasteiger partial charge >= 0.3 is 6.61 Å². The first kappa shape index (κ1) is 16.6. The summed E-state index contributed by atoms with van der Waals surface area (Å²) in [6.45, 7) is -2.89. The number of carbonyl (C=O) groups excluding carboxylic acids is 1. The lowest BCUT2D eigenvalue weighted by Gasteiger charge is -2.04. The first-order valence-electron chi connectivity index (χ1n) is 6.70. The van der Waals surface area contributed by atoms with Crippen LogP contribution in [-0.2, 0) is 0 Å². The molecule has 0 amide bonds. The molecule has 0 fully saturated rings. The van der Waals surface area contributed by atoms with Gasteiger partial charge in [-0.2, -0.15) is 8.78 Å². The molecule has 5 nitrogen and oxygen atoms in total. The molecule has 0 saturated carbocycles. The lowest BCUT2D eigenvalue weighted by Crippen LogP contribution is -2.04. The highest BCUT2D eigenvalue weighted by Crippen LogP contribution is 2.27. The van der Waals surface area contributed by atoms with E-state index in [9.17, 15) is 13.6 Å². The van der Waals surface area contributed by atoms with Crippen molar-refractivity contribution < 1.29 is 22.7 Å². The number of hydrogen-bond acceptors (Lipinski definition) is 7. The number of Topliss-reactive ketones (excluding diaryl/α,β-unsaturated/α-hetero) is 1. The fourth-order valence-electron chi connectivity index (χ4n) is 1.80. The molecular formula is C15H10F2N2O3S2. The van der Waals surface area contributed by atoms with Crippen LogP contribution in [0.5, 0.6) is 5.75 Å². The lowest BCUT2D eigenvalue weighted by molar-refractivity contribution is -0.0498. The molecule has 0 bridgehead atoms. The number of aromatic nitrogens is 2. The van der Waals surface area contributed by atoms with E-state index in [1.54, 1.807) is 0 Å². The van der Waals surface area contributed by atoms with E-state index < -0.39 is 6.61 Å². The summed E-state index contributed by atoms with van der Waals surface area (Å²) in [5.41, 5.74) is 0.391. The molecule has 0 aliphatic heterocycles. The summed E-state index contributed by atoms with van der Waals surface area (Å²) in [6, 6.07) is 9.26. The second kappa shape index (κ2) is 7.54. The van der Waals surface area contributed by atoms with E-state index in [4.69, 9.17) is 4.42 Å². The third kappa shape index (κ3) is 4.18. The Bertz CT molecular complexity index is 805. The van der Waals surface area contributed by atoms with Crippen molar-refractivity contribution in [2.45, 2.75) is 11.8 Å². The third-order valence-electron chi connectivity index (χ3n) is 2.87. The van der Waals surface area contributed by atoms with Gasteiger partial charge in [0.2, 0.25) is 0 Å². The SMILES string of the molecule is O=C(CSc1nnc(-c2cccs2)o1)c1ccc(OC(F)F)cc1. The maximum Gasteiger partial charge on any atom is 0.387 e. The molecule has 24 heavy (non-hydrogen) atoms. The minimum atomic E-state index is -2.89. The fourth-order valence-corrected chi connectivity index (χ4v) is 3.10. The Morgan fingerprint density at radius 3 is 2.71 bits per heavy atom. The number of ether oxygens (including phenoxy) is 1. The van der Waals surface area contributed by atoms with Crippen LogP contribution in [0.2, 0.25) is 0 Å². The van der Waals surface area contributed by atoms with E-state index in [0.717, 1.165) is 16.6 Å². The highest BCUT2D eigenvalue weighted by atomic mass is 32.2. The Morgan fingerprint density at radius 2 is 2.04 bits per heavy atom. The van der Waals surface area contributed by atoms with E-state index in [0.29, 0.717) is 16.7 Å². The van der Waals surface area contributed by atoms with Gasteiger partial charge in [0.1, 0.15) is 5.75 Å². The Hall–Kier alpha value is -2.26. The van der Waals surface area contributed by atoms with Crippen molar-refractivity contribution in [1.29, 1.82) is 0 Å². The van der Waals surface area contributed by atoms with Crippen LogP contribution in [0.1, 0.15) is 10.4 Å². The van der Waals surface area contributed by atoms with Crippen LogP contribution in [0.15, 0.2) is 51.4 Å². The van der Waals surface area contributed by atoms with Gasteiger partial charge in [-0.15, -0.1) is 21.5 Å². The van der Waals surface area contributed by atoms with Gasteiger partial charge in [-0.3, -0.25) is 4.79 Å². The molecular weight excluding hydrogens is 358 g/mol. The average molecular weight is 368 g/mol. The molecule has 0 saturated heterocycles. The molecule has 0 aliphatic rings. The van der Waals surface area contributed by atoms with Gasteiger partial charge in [-0.05, 0) is 35.7 Å². The monoisotopic (exact) mass is 368 g/mol. The zero-order valence-electron chi connectivity index (χ0n) is 12.0. The first-order valence-corrected chi connectivity index (χ1v) is 8.56. The van der Waals surface area contributed by atoms with E-state index in [2.05, 4.69) is 14.9 Å². The first-order chi connectivity index (χ1) is 11.6. The third-order valence-corrected chi connectivity index (χ3v) is 4.54. The van der Waals surface area contributed by atoms with Crippen LogP contribution in [-0.4, -0.2) is 28.3 Å². The number of thiophene rings is 1. The molecule has 0 aliphatic carbocycles.